The van der Waals surface area contributed by atoms with Crippen LogP contribution >= 0.6 is 11.8 Å². The Bertz CT molecular complexity index is 635. The largest absolute Gasteiger partial charge is 0.369 e. The molecule has 4 nitrogen and oxygen atoms in total. The Balaban J connectivity index is 1.86. The molecule has 0 heterocycles. The lowest BCUT2D eigenvalue weighted by Gasteiger charge is -2.05. The SMILES string of the molecule is CC(=NNC(=N)N)c1ccc(SCCc2ccccc2)cc1. The van der Waals surface area contributed by atoms with E-state index >= 15 is 0 Å². The summed E-state index contributed by atoms with van der Waals surface area (Å²) in [6, 6.07) is 18.8. The summed E-state index contributed by atoms with van der Waals surface area (Å²) in [6.45, 7) is 1.88. The quantitative estimate of drug-likeness (QED) is 0.332. The first kappa shape index (κ1) is 16.1. The molecule has 2 aromatic rings. The average molecular weight is 312 g/mol. The summed E-state index contributed by atoms with van der Waals surface area (Å²) in [5.41, 5.74) is 10.8. The Hall–Kier alpha value is -2.27. The minimum Gasteiger partial charge on any atom is -0.369 e. The fourth-order valence-corrected chi connectivity index (χ4v) is 2.83. The summed E-state index contributed by atoms with van der Waals surface area (Å²) in [5.74, 6) is 0.898. The number of guanidine groups is 1. The number of nitrogens with zero attached hydrogens (tertiary/aromatic N) is 1. The van der Waals surface area contributed by atoms with Gasteiger partial charge in [-0.1, -0.05) is 42.5 Å². The molecule has 0 spiro atoms. The minimum absolute atomic E-state index is 0.160. The molecule has 0 aliphatic rings. The highest BCUT2D eigenvalue weighted by Crippen LogP contribution is 2.20. The molecular formula is C17H20N4S. The van der Waals surface area contributed by atoms with Crippen molar-refractivity contribution in [2.75, 3.05) is 5.75 Å². The molecule has 4 N–H and O–H groups in total. The monoisotopic (exact) mass is 312 g/mol. The van der Waals surface area contributed by atoms with Crippen molar-refractivity contribution < 1.29 is 0 Å². The first-order valence-electron chi connectivity index (χ1n) is 7.06. The van der Waals surface area contributed by atoms with Crippen molar-refractivity contribution in [2.24, 2.45) is 10.8 Å². The Labute approximate surface area is 135 Å². The van der Waals surface area contributed by atoms with Crippen LogP contribution in [0, 0.1) is 5.41 Å². The van der Waals surface area contributed by atoms with E-state index in [1.54, 1.807) is 0 Å². The van der Waals surface area contributed by atoms with Crippen molar-refractivity contribution in [3.63, 3.8) is 0 Å². The van der Waals surface area contributed by atoms with Gasteiger partial charge in [-0.05, 0) is 36.6 Å². The van der Waals surface area contributed by atoms with Crippen molar-refractivity contribution in [1.82, 2.24) is 5.43 Å². The van der Waals surface area contributed by atoms with E-state index in [1.165, 1.54) is 10.5 Å². The van der Waals surface area contributed by atoms with E-state index < -0.39 is 0 Å². The van der Waals surface area contributed by atoms with Gasteiger partial charge in [0, 0.05) is 10.6 Å². The molecule has 2 rings (SSSR count). The third kappa shape index (κ3) is 5.26. The van der Waals surface area contributed by atoms with E-state index in [2.05, 4.69) is 46.9 Å². The number of hydrogen-bond donors (Lipinski definition) is 3. The van der Waals surface area contributed by atoms with E-state index in [-0.39, 0.29) is 5.96 Å². The summed E-state index contributed by atoms with van der Waals surface area (Å²) in [5, 5.41) is 11.1. The summed E-state index contributed by atoms with van der Waals surface area (Å²) in [6.07, 6.45) is 1.07. The minimum atomic E-state index is -0.160. The van der Waals surface area contributed by atoms with Gasteiger partial charge in [-0.15, -0.1) is 11.8 Å². The molecule has 0 fully saturated rings. The highest BCUT2D eigenvalue weighted by Gasteiger charge is 2.00. The van der Waals surface area contributed by atoms with Crippen LogP contribution in [0.1, 0.15) is 18.1 Å². The van der Waals surface area contributed by atoms with Crippen molar-refractivity contribution in [2.45, 2.75) is 18.2 Å². The zero-order valence-electron chi connectivity index (χ0n) is 12.5. The third-order valence-corrected chi connectivity index (χ3v) is 4.13. The van der Waals surface area contributed by atoms with Crippen molar-refractivity contribution in [3.05, 3.63) is 65.7 Å². The second-order valence-electron chi connectivity index (χ2n) is 4.83. The summed E-state index contributed by atoms with van der Waals surface area (Å²) in [4.78, 5) is 1.24. The third-order valence-electron chi connectivity index (χ3n) is 3.12. The molecule has 0 unspecified atom stereocenters. The lowest BCUT2D eigenvalue weighted by molar-refractivity contribution is 0.991. The molecule has 114 valence electrons. The van der Waals surface area contributed by atoms with Gasteiger partial charge in [-0.3, -0.25) is 5.41 Å². The van der Waals surface area contributed by atoms with Gasteiger partial charge in [-0.25, -0.2) is 5.43 Å². The van der Waals surface area contributed by atoms with Gasteiger partial charge in [0.2, 0.25) is 5.96 Å². The molecule has 0 atom stereocenters. The second kappa shape index (κ2) is 8.24. The second-order valence-corrected chi connectivity index (χ2v) is 6.00. The standard InChI is InChI=1S/C17H20N4S/c1-13(20-21-17(18)19)15-7-9-16(10-8-15)22-12-11-14-5-3-2-4-6-14/h2-10H,11-12H2,1H3,(H4,18,19,21). The predicted octanol–water partition coefficient (Wildman–Crippen LogP) is 3.23. The normalized spacial score (nSPS) is 11.2. The number of nitrogens with two attached hydrogens (primary N) is 1. The maximum atomic E-state index is 7.09. The summed E-state index contributed by atoms with van der Waals surface area (Å²) < 4.78 is 0. The average Bonchev–Trinajstić information content (AvgIpc) is 2.54. The van der Waals surface area contributed by atoms with E-state index in [0.717, 1.165) is 23.4 Å². The molecule has 0 aliphatic carbocycles. The maximum absolute atomic E-state index is 7.09. The summed E-state index contributed by atoms with van der Waals surface area (Å²) in [7, 11) is 0. The van der Waals surface area contributed by atoms with Crippen LogP contribution in [0.25, 0.3) is 0 Å². The number of benzene rings is 2. The van der Waals surface area contributed by atoms with Crippen LogP contribution in [0.15, 0.2) is 64.6 Å². The van der Waals surface area contributed by atoms with Crippen LogP contribution in [0.2, 0.25) is 0 Å². The van der Waals surface area contributed by atoms with E-state index in [4.69, 9.17) is 11.1 Å². The molecule has 0 bridgehead atoms. The van der Waals surface area contributed by atoms with Crippen LogP contribution in [0.4, 0.5) is 0 Å². The molecular weight excluding hydrogens is 292 g/mol. The molecule has 2 aromatic carbocycles. The van der Waals surface area contributed by atoms with Gasteiger partial charge in [0.25, 0.3) is 0 Å². The molecule has 0 aromatic heterocycles. The molecule has 5 heteroatoms. The van der Waals surface area contributed by atoms with Crippen molar-refractivity contribution in [1.29, 1.82) is 5.41 Å². The van der Waals surface area contributed by atoms with Gasteiger partial charge in [0.05, 0.1) is 5.71 Å². The van der Waals surface area contributed by atoms with Gasteiger partial charge < -0.3 is 5.73 Å². The molecule has 0 saturated carbocycles. The highest BCUT2D eigenvalue weighted by atomic mass is 32.2. The maximum Gasteiger partial charge on any atom is 0.206 e. The van der Waals surface area contributed by atoms with Crippen LogP contribution in [-0.2, 0) is 6.42 Å². The van der Waals surface area contributed by atoms with Gasteiger partial charge in [-0.2, -0.15) is 5.10 Å². The molecule has 0 saturated heterocycles. The topological polar surface area (TPSA) is 74.3 Å². The lowest BCUT2D eigenvalue weighted by atomic mass is 10.1. The Kier molecular flexibility index (Phi) is 6.03. The van der Waals surface area contributed by atoms with Crippen molar-refractivity contribution >= 4 is 23.4 Å². The zero-order chi connectivity index (χ0) is 15.8. The Morgan fingerprint density at radius 1 is 1.14 bits per heavy atom. The fraction of sp³-hybridized carbons (Fsp3) is 0.176. The first-order chi connectivity index (χ1) is 10.6. The van der Waals surface area contributed by atoms with E-state index in [1.807, 2.05) is 36.9 Å². The Morgan fingerprint density at radius 2 is 1.82 bits per heavy atom. The van der Waals surface area contributed by atoms with Crippen LogP contribution in [-0.4, -0.2) is 17.4 Å². The van der Waals surface area contributed by atoms with E-state index in [9.17, 15) is 0 Å². The molecule has 0 radical (unpaired) electrons. The molecule has 0 aliphatic heterocycles. The van der Waals surface area contributed by atoms with E-state index in [0.29, 0.717) is 0 Å². The molecule has 22 heavy (non-hydrogen) atoms. The Morgan fingerprint density at radius 3 is 2.45 bits per heavy atom. The predicted molar refractivity (Wildman–Crippen MR) is 94.6 cm³/mol. The lowest BCUT2D eigenvalue weighted by Crippen LogP contribution is -2.26. The number of aryl methyl sites for hydroxylation is 1. The number of thioether (sulfide) groups is 1. The highest BCUT2D eigenvalue weighted by molar-refractivity contribution is 7.99. The zero-order valence-corrected chi connectivity index (χ0v) is 13.4. The van der Waals surface area contributed by atoms with Crippen LogP contribution in [0.5, 0.6) is 0 Å². The number of hydrogen-bond acceptors (Lipinski definition) is 3. The van der Waals surface area contributed by atoms with Gasteiger partial charge >= 0.3 is 0 Å². The number of nitrogens with one attached hydrogen (secondary N) is 2. The van der Waals surface area contributed by atoms with Crippen LogP contribution < -0.4 is 11.2 Å². The fourth-order valence-electron chi connectivity index (χ4n) is 1.93. The molecule has 0 amide bonds. The van der Waals surface area contributed by atoms with Crippen molar-refractivity contribution in [3.8, 4) is 0 Å². The van der Waals surface area contributed by atoms with Gasteiger partial charge in [0.1, 0.15) is 0 Å². The first-order valence-corrected chi connectivity index (χ1v) is 8.05. The smallest absolute Gasteiger partial charge is 0.206 e. The number of hydrazone groups is 1. The van der Waals surface area contributed by atoms with Crippen LogP contribution in [0.3, 0.4) is 0 Å². The van der Waals surface area contributed by atoms with Gasteiger partial charge in [0.15, 0.2) is 0 Å². The summed E-state index contributed by atoms with van der Waals surface area (Å²) >= 11 is 1.84. The number of rotatable bonds is 6.